The third-order valence-corrected chi connectivity index (χ3v) is 10.2. The first-order valence-corrected chi connectivity index (χ1v) is 19.1. The van der Waals surface area contributed by atoms with Gasteiger partial charge in [0.1, 0.15) is 18.5 Å². The van der Waals surface area contributed by atoms with Crippen LogP contribution < -0.4 is 10.6 Å². The summed E-state index contributed by atoms with van der Waals surface area (Å²) in [4.78, 5) is 27.2. The number of fused-ring (bicyclic) bond motifs is 1. The van der Waals surface area contributed by atoms with Crippen LogP contribution >= 0.6 is 0 Å². The van der Waals surface area contributed by atoms with Gasteiger partial charge in [0.05, 0.1) is 5.69 Å². The Morgan fingerprint density at radius 3 is 2.52 bits per heavy atom. The number of carbonyl (C=O) groups is 2. The Morgan fingerprint density at radius 1 is 1.07 bits per heavy atom. The molecular weight excluding hydrogens is 568 g/mol. The lowest BCUT2D eigenvalue weighted by molar-refractivity contribution is -0.118. The average molecular weight is 613 g/mol. The van der Waals surface area contributed by atoms with Crippen molar-refractivity contribution in [3.8, 4) is 11.1 Å². The summed E-state index contributed by atoms with van der Waals surface area (Å²) >= 11 is 0. The number of nitrogens with zero attached hydrogens (tertiary/aromatic N) is 4. The number of nitrogens with one attached hydrogen (secondary N) is 2. The Labute approximate surface area is 261 Å². The maximum atomic E-state index is 13.9. The van der Waals surface area contributed by atoms with Gasteiger partial charge in [-0.2, -0.15) is 10.2 Å². The minimum absolute atomic E-state index is 0.138. The molecule has 10 heteroatoms. The molecule has 2 amide bonds. The minimum Gasteiger partial charge on any atom is -0.360 e. The van der Waals surface area contributed by atoms with E-state index in [2.05, 4.69) is 54.4 Å². The molecule has 2 aromatic heterocycles. The molecule has 0 saturated carbocycles. The zero-order chi connectivity index (χ0) is 31.4. The van der Waals surface area contributed by atoms with Gasteiger partial charge in [-0.25, -0.2) is 4.68 Å². The number of hydrogen-bond donors (Lipinski definition) is 2. The number of aromatic nitrogens is 4. The first-order chi connectivity index (χ1) is 21.0. The highest BCUT2D eigenvalue weighted by atomic mass is 28.3. The summed E-state index contributed by atoms with van der Waals surface area (Å²) in [5, 5.41) is 15.0. The van der Waals surface area contributed by atoms with Crippen LogP contribution in [0.15, 0.2) is 60.8 Å². The van der Waals surface area contributed by atoms with Gasteiger partial charge in [0.15, 0.2) is 0 Å². The summed E-state index contributed by atoms with van der Waals surface area (Å²) in [5.41, 5.74) is 7.48. The summed E-state index contributed by atoms with van der Waals surface area (Å²) in [5.74, 6) is -0.706. The molecule has 2 N–H and O–H groups in total. The second-order valence-electron chi connectivity index (χ2n) is 12.9. The van der Waals surface area contributed by atoms with Crippen molar-refractivity contribution in [1.29, 1.82) is 0 Å². The lowest BCUT2D eigenvalue weighted by atomic mass is 9.78. The number of rotatable bonds is 11. The fraction of sp³-hybridized carbons (Fsp3) is 0.412. The van der Waals surface area contributed by atoms with E-state index in [1.54, 1.807) is 19.3 Å². The summed E-state index contributed by atoms with van der Waals surface area (Å²) in [6, 6.07) is 18.1. The van der Waals surface area contributed by atoms with E-state index >= 15 is 0 Å². The van der Waals surface area contributed by atoms with Gasteiger partial charge in [-0.05, 0) is 74.0 Å². The number of benzene rings is 2. The van der Waals surface area contributed by atoms with E-state index in [9.17, 15) is 9.59 Å². The van der Waals surface area contributed by atoms with Crippen molar-refractivity contribution in [1.82, 2.24) is 24.9 Å². The molecule has 0 radical (unpaired) electrons. The van der Waals surface area contributed by atoms with Crippen LogP contribution in [0.2, 0.25) is 25.7 Å². The molecule has 1 aliphatic rings. The third kappa shape index (κ3) is 7.19. The zero-order valence-electron chi connectivity index (χ0n) is 26.7. The van der Waals surface area contributed by atoms with E-state index in [1.807, 2.05) is 48.0 Å². The fourth-order valence-corrected chi connectivity index (χ4v) is 6.77. The Hall–Kier alpha value is -4.02. The first kappa shape index (κ1) is 31.4. The highest BCUT2D eigenvalue weighted by molar-refractivity contribution is 6.76. The normalized spacial score (nSPS) is 15.5. The van der Waals surface area contributed by atoms with Crippen molar-refractivity contribution >= 4 is 25.6 Å². The van der Waals surface area contributed by atoms with Crippen LogP contribution in [-0.2, 0) is 29.7 Å². The molecule has 0 saturated heterocycles. The maximum Gasteiger partial charge on any atom is 0.270 e. The van der Waals surface area contributed by atoms with Gasteiger partial charge in [0.25, 0.3) is 5.91 Å². The number of hydrogen-bond acceptors (Lipinski definition) is 5. The highest BCUT2D eigenvalue weighted by Crippen LogP contribution is 2.35. The van der Waals surface area contributed by atoms with Crippen LogP contribution in [-0.4, -0.2) is 52.1 Å². The smallest absolute Gasteiger partial charge is 0.270 e. The van der Waals surface area contributed by atoms with Gasteiger partial charge in [-0.1, -0.05) is 56.0 Å². The molecule has 0 unspecified atom stereocenters. The zero-order valence-corrected chi connectivity index (χ0v) is 27.7. The number of amides is 2. The van der Waals surface area contributed by atoms with Crippen LogP contribution in [0, 0.1) is 13.8 Å². The van der Waals surface area contributed by atoms with E-state index in [-0.39, 0.29) is 17.7 Å². The maximum absolute atomic E-state index is 13.9. The summed E-state index contributed by atoms with van der Waals surface area (Å²) in [7, 11) is 0.569. The topological polar surface area (TPSA) is 103 Å². The Morgan fingerprint density at radius 2 is 1.82 bits per heavy atom. The van der Waals surface area contributed by atoms with Crippen molar-refractivity contribution in [2.45, 2.75) is 77.5 Å². The molecule has 232 valence electrons. The molecule has 5 rings (SSSR count). The van der Waals surface area contributed by atoms with E-state index < -0.39 is 14.1 Å². The van der Waals surface area contributed by atoms with Crippen molar-refractivity contribution < 1.29 is 14.3 Å². The molecule has 2 aromatic carbocycles. The van der Waals surface area contributed by atoms with Crippen molar-refractivity contribution in [3.63, 3.8) is 0 Å². The summed E-state index contributed by atoms with van der Waals surface area (Å²) in [6.07, 6.45) is 4.32. The van der Waals surface area contributed by atoms with Gasteiger partial charge < -0.3 is 15.4 Å². The second-order valence-corrected chi connectivity index (χ2v) is 18.6. The molecule has 0 spiro atoms. The van der Waals surface area contributed by atoms with E-state index in [1.165, 1.54) is 10.2 Å². The predicted octanol–water partition coefficient (Wildman–Crippen LogP) is 6.07. The number of anilines is 1. The summed E-state index contributed by atoms with van der Waals surface area (Å²) < 4.78 is 9.38. The molecule has 0 fully saturated rings. The number of aryl methyl sites for hydroxylation is 3. The number of ether oxygens (including phenoxy) is 1. The van der Waals surface area contributed by atoms with Gasteiger partial charge >= 0.3 is 0 Å². The van der Waals surface area contributed by atoms with Crippen LogP contribution in [0.5, 0.6) is 0 Å². The van der Waals surface area contributed by atoms with E-state index in [4.69, 9.17) is 9.84 Å². The van der Waals surface area contributed by atoms with Crippen molar-refractivity contribution in [2.75, 3.05) is 11.9 Å². The van der Waals surface area contributed by atoms with Gasteiger partial charge in [0.2, 0.25) is 5.91 Å². The first-order valence-electron chi connectivity index (χ1n) is 15.4. The fourth-order valence-electron chi connectivity index (χ4n) is 6.01. The molecular formula is C34H44N6O3Si. The molecule has 2 heterocycles. The quantitative estimate of drug-likeness (QED) is 0.158. The molecule has 9 nitrogen and oxygen atoms in total. The molecule has 0 aliphatic heterocycles. The molecule has 4 aromatic rings. The van der Waals surface area contributed by atoms with Crippen LogP contribution in [0.1, 0.15) is 51.8 Å². The Balaban J connectivity index is 1.33. The van der Waals surface area contributed by atoms with Gasteiger partial charge in [-0.3, -0.25) is 14.3 Å². The lowest BCUT2D eigenvalue weighted by Gasteiger charge is -2.32. The molecule has 2 atom stereocenters. The largest absolute Gasteiger partial charge is 0.360 e. The van der Waals surface area contributed by atoms with Crippen LogP contribution in [0.4, 0.5) is 5.69 Å². The molecule has 0 bridgehead atoms. The number of carbonyl (C=O) groups excluding carboxylic acids is 2. The lowest BCUT2D eigenvalue weighted by Crippen LogP contribution is -2.48. The molecule has 44 heavy (non-hydrogen) atoms. The standard InChI is InChI=1S/C34H44N6O3Si/c1-23-31(24(2)40(38-23)22-43-20-21-44(4,5)6)26-14-16-27(17-15-26)36-34(42)32(37-33(41)30-18-19-35-39(30)3)29-13-9-11-25-10-7-8-12-28(25)29/h7-8,10,12,14-19,29,32H,9,11,13,20-22H2,1-6H3,(H,36,42)(H,37,41)/t29-,32-/m0/s1. The van der Waals surface area contributed by atoms with E-state index in [0.29, 0.717) is 18.1 Å². The van der Waals surface area contributed by atoms with Crippen molar-refractivity contribution in [3.05, 3.63) is 89.0 Å². The average Bonchev–Trinajstić information content (AvgIpc) is 3.55. The second kappa shape index (κ2) is 13.3. The monoisotopic (exact) mass is 612 g/mol. The van der Waals surface area contributed by atoms with Gasteiger partial charge in [-0.15, -0.1) is 0 Å². The SMILES string of the molecule is Cc1nn(COCC[Si](C)(C)C)c(C)c1-c1ccc(NC(=O)[C@@H](NC(=O)c2ccnn2C)[C@H]2CCCc3ccccc32)cc1. The molecule has 1 aliphatic carbocycles. The van der Waals surface area contributed by atoms with Crippen molar-refractivity contribution in [2.24, 2.45) is 7.05 Å². The Kier molecular flexibility index (Phi) is 9.50. The predicted molar refractivity (Wildman–Crippen MR) is 176 cm³/mol. The highest BCUT2D eigenvalue weighted by Gasteiger charge is 2.34. The van der Waals surface area contributed by atoms with Gasteiger partial charge in [0, 0.05) is 50.8 Å². The van der Waals surface area contributed by atoms with Crippen LogP contribution in [0.25, 0.3) is 11.1 Å². The Bertz CT molecular complexity index is 1620. The third-order valence-electron chi connectivity index (χ3n) is 8.47. The van der Waals surface area contributed by atoms with E-state index in [0.717, 1.165) is 60.0 Å². The minimum atomic E-state index is -1.15. The summed E-state index contributed by atoms with van der Waals surface area (Å²) in [6.45, 7) is 12.3. The van der Waals surface area contributed by atoms with Crippen LogP contribution in [0.3, 0.4) is 0 Å².